The predicted molar refractivity (Wildman–Crippen MR) is 95.1 cm³/mol. The Morgan fingerprint density at radius 3 is 2.52 bits per heavy atom. The quantitative estimate of drug-likeness (QED) is 0.878. The maximum atomic E-state index is 12.7. The van der Waals surface area contributed by atoms with Crippen molar-refractivity contribution in [1.82, 2.24) is 5.32 Å². The zero-order chi connectivity index (χ0) is 17.6. The highest BCUT2D eigenvalue weighted by Crippen LogP contribution is 2.46. The molecule has 0 saturated heterocycles. The number of fused-ring (bicyclic) bond motifs is 2. The van der Waals surface area contributed by atoms with E-state index in [-0.39, 0.29) is 17.6 Å². The molecule has 4 nitrogen and oxygen atoms in total. The minimum Gasteiger partial charge on any atom is -0.497 e. The van der Waals surface area contributed by atoms with Crippen molar-refractivity contribution in [2.24, 2.45) is 5.92 Å². The van der Waals surface area contributed by atoms with Crippen LogP contribution in [0.1, 0.15) is 29.5 Å². The molecule has 1 N–H and O–H groups in total. The van der Waals surface area contributed by atoms with Gasteiger partial charge in [0.15, 0.2) is 0 Å². The lowest BCUT2D eigenvalue weighted by Crippen LogP contribution is -2.42. The summed E-state index contributed by atoms with van der Waals surface area (Å²) in [5, 5.41) is 2.98. The Kier molecular flexibility index (Phi) is 3.68. The van der Waals surface area contributed by atoms with Crippen LogP contribution in [0.15, 0.2) is 54.1 Å². The van der Waals surface area contributed by atoms with Crippen LogP contribution in [0.4, 0.5) is 0 Å². The van der Waals surface area contributed by atoms with Gasteiger partial charge in [0.25, 0.3) is 0 Å². The number of amides is 1. The van der Waals surface area contributed by atoms with Gasteiger partial charge in [-0.25, -0.2) is 0 Å². The lowest BCUT2D eigenvalue weighted by molar-refractivity contribution is -0.133. The van der Waals surface area contributed by atoms with Crippen LogP contribution in [-0.2, 0) is 16.0 Å². The fourth-order valence-electron chi connectivity index (χ4n) is 3.98. The molecule has 1 aliphatic carbocycles. The lowest BCUT2D eigenvalue weighted by Gasteiger charge is -2.32. The fourth-order valence-corrected chi connectivity index (χ4v) is 3.98. The molecular weight excluding hydrogens is 314 g/mol. The molecule has 1 heterocycles. The van der Waals surface area contributed by atoms with Gasteiger partial charge < -0.3 is 10.1 Å². The highest BCUT2D eigenvalue weighted by molar-refractivity contribution is 6.07. The maximum absolute atomic E-state index is 12.7. The van der Waals surface area contributed by atoms with Gasteiger partial charge >= 0.3 is 0 Å². The van der Waals surface area contributed by atoms with E-state index in [1.54, 1.807) is 7.11 Å². The second kappa shape index (κ2) is 5.88. The van der Waals surface area contributed by atoms with Crippen LogP contribution in [0, 0.1) is 5.92 Å². The van der Waals surface area contributed by atoms with Gasteiger partial charge in [-0.2, -0.15) is 0 Å². The summed E-state index contributed by atoms with van der Waals surface area (Å²) >= 11 is 0. The number of benzene rings is 2. The molecule has 0 bridgehead atoms. The van der Waals surface area contributed by atoms with E-state index in [1.807, 2.05) is 42.5 Å². The zero-order valence-corrected chi connectivity index (χ0v) is 14.2. The maximum Gasteiger partial charge on any atom is 0.235 e. The van der Waals surface area contributed by atoms with Gasteiger partial charge in [0.05, 0.1) is 7.11 Å². The number of carbonyl (C=O) groups is 2. The van der Waals surface area contributed by atoms with Crippen molar-refractivity contribution < 1.29 is 14.3 Å². The number of hydrogen-bond donors (Lipinski definition) is 1. The molecule has 126 valence electrons. The Morgan fingerprint density at radius 2 is 1.84 bits per heavy atom. The number of ketones is 1. The third-order valence-corrected chi connectivity index (χ3v) is 5.14. The summed E-state index contributed by atoms with van der Waals surface area (Å²) in [5.74, 6) is -0.502. The molecule has 1 amide bonds. The van der Waals surface area contributed by atoms with E-state index < -0.39 is 5.92 Å². The van der Waals surface area contributed by atoms with Crippen molar-refractivity contribution in [2.45, 2.75) is 19.3 Å². The third-order valence-electron chi connectivity index (χ3n) is 5.14. The van der Waals surface area contributed by atoms with Crippen LogP contribution in [0.3, 0.4) is 0 Å². The Bertz CT molecular complexity index is 896. The molecule has 4 rings (SSSR count). The number of allylic oxidation sites excluding steroid dienone is 1. The van der Waals surface area contributed by atoms with Crippen LogP contribution < -0.4 is 10.1 Å². The number of methoxy groups -OCH3 is 1. The van der Waals surface area contributed by atoms with Crippen molar-refractivity contribution in [1.29, 1.82) is 0 Å². The van der Waals surface area contributed by atoms with E-state index in [4.69, 9.17) is 4.74 Å². The Balaban J connectivity index is 1.86. The monoisotopic (exact) mass is 333 g/mol. The summed E-state index contributed by atoms with van der Waals surface area (Å²) in [6.45, 7) is 1.49. The minimum atomic E-state index is -0.693. The summed E-state index contributed by atoms with van der Waals surface area (Å²) in [5.41, 5.74) is 5.21. The normalized spacial score (nSPS) is 21.4. The standard InChI is InChI=1S/C21H19NO3/c1-12(23)18-19(13-7-9-15(25-2)10-8-13)17-11-14-5-3-4-6-16(14)20(17)22-21(18)24/h3-10,18-19H,11H2,1-2H3,(H,22,24). The first-order valence-corrected chi connectivity index (χ1v) is 8.36. The average Bonchev–Trinajstić information content (AvgIpc) is 2.98. The second-order valence-electron chi connectivity index (χ2n) is 6.56. The first-order valence-electron chi connectivity index (χ1n) is 8.36. The average molecular weight is 333 g/mol. The fraction of sp³-hybridized carbons (Fsp3) is 0.238. The number of carbonyl (C=O) groups excluding carboxylic acids is 2. The number of nitrogens with one attached hydrogen (secondary N) is 1. The molecule has 0 radical (unpaired) electrons. The van der Waals surface area contributed by atoms with Crippen LogP contribution >= 0.6 is 0 Å². The number of ether oxygens (including phenoxy) is 1. The van der Waals surface area contributed by atoms with E-state index >= 15 is 0 Å². The Hall–Kier alpha value is -2.88. The van der Waals surface area contributed by atoms with E-state index in [0.717, 1.165) is 34.6 Å². The lowest BCUT2D eigenvalue weighted by atomic mass is 9.75. The van der Waals surface area contributed by atoms with Crippen LogP contribution in [0.2, 0.25) is 0 Å². The van der Waals surface area contributed by atoms with Crippen molar-refractivity contribution in [3.63, 3.8) is 0 Å². The largest absolute Gasteiger partial charge is 0.497 e. The topological polar surface area (TPSA) is 55.4 Å². The minimum absolute atomic E-state index is 0.110. The first kappa shape index (κ1) is 15.6. The Labute approximate surface area is 146 Å². The molecular formula is C21H19NO3. The SMILES string of the molecule is COc1ccc(C2C3=C(NC(=O)C2C(C)=O)c2ccccc2C3)cc1. The van der Waals surface area contributed by atoms with Crippen molar-refractivity contribution in [2.75, 3.05) is 7.11 Å². The van der Waals surface area contributed by atoms with Crippen molar-refractivity contribution in [3.8, 4) is 5.75 Å². The molecule has 0 spiro atoms. The van der Waals surface area contributed by atoms with Crippen molar-refractivity contribution >= 4 is 17.4 Å². The smallest absolute Gasteiger partial charge is 0.235 e. The molecule has 1 aliphatic heterocycles. The van der Waals surface area contributed by atoms with E-state index in [1.165, 1.54) is 12.5 Å². The van der Waals surface area contributed by atoms with E-state index in [2.05, 4.69) is 11.4 Å². The van der Waals surface area contributed by atoms with Gasteiger partial charge in [0.1, 0.15) is 17.5 Å². The van der Waals surface area contributed by atoms with Gasteiger partial charge in [-0.05, 0) is 42.2 Å². The van der Waals surface area contributed by atoms with Gasteiger partial charge in [-0.3, -0.25) is 9.59 Å². The van der Waals surface area contributed by atoms with Crippen LogP contribution in [0.5, 0.6) is 5.75 Å². The predicted octanol–water partition coefficient (Wildman–Crippen LogP) is 3.08. The molecule has 2 aliphatic rings. The van der Waals surface area contributed by atoms with Gasteiger partial charge in [-0.15, -0.1) is 0 Å². The molecule has 0 fully saturated rings. The molecule has 2 unspecified atom stereocenters. The van der Waals surface area contributed by atoms with Crippen molar-refractivity contribution in [3.05, 3.63) is 70.8 Å². The molecule has 0 saturated carbocycles. The number of rotatable bonds is 3. The van der Waals surface area contributed by atoms with Crippen LogP contribution in [0.25, 0.3) is 5.70 Å². The molecule has 2 aromatic rings. The van der Waals surface area contributed by atoms with Gasteiger partial charge in [-0.1, -0.05) is 36.4 Å². The highest BCUT2D eigenvalue weighted by atomic mass is 16.5. The molecule has 2 atom stereocenters. The summed E-state index contributed by atoms with van der Waals surface area (Å²) in [6, 6.07) is 15.7. The summed E-state index contributed by atoms with van der Waals surface area (Å²) in [7, 11) is 1.62. The summed E-state index contributed by atoms with van der Waals surface area (Å²) in [6.07, 6.45) is 0.756. The molecule has 25 heavy (non-hydrogen) atoms. The number of hydrogen-bond acceptors (Lipinski definition) is 3. The Morgan fingerprint density at radius 1 is 1.12 bits per heavy atom. The van der Waals surface area contributed by atoms with Gasteiger partial charge in [0.2, 0.25) is 5.91 Å². The zero-order valence-electron chi connectivity index (χ0n) is 14.2. The molecule has 0 aromatic heterocycles. The van der Waals surface area contributed by atoms with Crippen LogP contribution in [-0.4, -0.2) is 18.8 Å². The molecule has 4 heteroatoms. The second-order valence-corrected chi connectivity index (χ2v) is 6.56. The summed E-state index contributed by atoms with van der Waals surface area (Å²) in [4.78, 5) is 25.0. The first-order chi connectivity index (χ1) is 12.1. The van der Waals surface area contributed by atoms with E-state index in [0.29, 0.717) is 0 Å². The van der Waals surface area contributed by atoms with Gasteiger partial charge in [0, 0.05) is 17.2 Å². The number of Topliss-reactive ketones (excluding diaryl/α,β-unsaturated/α-hetero) is 1. The third kappa shape index (κ3) is 2.45. The highest BCUT2D eigenvalue weighted by Gasteiger charge is 2.43. The molecule has 2 aromatic carbocycles. The van der Waals surface area contributed by atoms with E-state index in [9.17, 15) is 9.59 Å². The summed E-state index contributed by atoms with van der Waals surface area (Å²) < 4.78 is 5.23.